The summed E-state index contributed by atoms with van der Waals surface area (Å²) >= 11 is 3.44. The normalized spacial score (nSPS) is 15.1. The van der Waals surface area contributed by atoms with Crippen LogP contribution in [0.25, 0.3) is 55.6 Å². The van der Waals surface area contributed by atoms with Gasteiger partial charge in [-0.3, -0.25) is 4.98 Å². The molecule has 0 saturated carbocycles. The van der Waals surface area contributed by atoms with Crippen LogP contribution in [0, 0.1) is 0 Å². The van der Waals surface area contributed by atoms with Crippen LogP contribution in [0.4, 0.5) is 11.6 Å². The lowest BCUT2D eigenvalue weighted by molar-refractivity contribution is 0.573. The summed E-state index contributed by atoms with van der Waals surface area (Å²) < 4.78 is 12.6. The van der Waals surface area contributed by atoms with Gasteiger partial charge in [0.25, 0.3) is 0 Å². The Labute approximate surface area is 316 Å². The Morgan fingerprint density at radius 2 is 1.08 bits per heavy atom. The fourth-order valence-electron chi connectivity index (χ4n) is 7.21. The van der Waals surface area contributed by atoms with E-state index in [4.69, 9.17) is 11.3 Å². The zero-order valence-corrected chi connectivity index (χ0v) is 30.8. The van der Waals surface area contributed by atoms with Gasteiger partial charge >= 0.3 is 0 Å². The van der Waals surface area contributed by atoms with Crippen LogP contribution in [0.3, 0.4) is 0 Å². The Hall–Kier alpha value is -5.75. The first-order valence-electron chi connectivity index (χ1n) is 18.7. The van der Waals surface area contributed by atoms with Gasteiger partial charge in [0.05, 0.1) is 23.8 Å². The van der Waals surface area contributed by atoms with Crippen LogP contribution in [0.5, 0.6) is 0 Å². The number of nitrogens with zero attached hydrogens (tertiary/aromatic N) is 11. The fraction of sp³-hybridized carbons (Fsp3) is 0.244. The number of pyridine rings is 3. The topological polar surface area (TPSA) is 106 Å². The maximum Gasteiger partial charge on any atom is 0.169 e. The van der Waals surface area contributed by atoms with E-state index in [1.54, 1.807) is 21.3 Å². The number of benzene rings is 1. The SMILES string of the molecule is Brc1cnn2cc(-c3ccc(N4CCCCC4)nc3)cnc12.[2H]c1cc(-c2cnn3cc(-c4ccc(N5CCCCC5)nc4)cnc23)c2ccccc2n1. The lowest BCUT2D eigenvalue weighted by Gasteiger charge is -2.27. The third-order valence-corrected chi connectivity index (χ3v) is 10.6. The van der Waals surface area contributed by atoms with Crippen molar-refractivity contribution in [1.29, 1.82) is 0 Å². The van der Waals surface area contributed by atoms with Crippen molar-refractivity contribution < 1.29 is 1.37 Å². The number of halogens is 1. The van der Waals surface area contributed by atoms with E-state index in [1.807, 2.05) is 67.6 Å². The van der Waals surface area contributed by atoms with E-state index in [-0.39, 0.29) is 6.17 Å². The molecule has 7 aromatic heterocycles. The second-order valence-corrected chi connectivity index (χ2v) is 14.3. The number of hydrogen-bond acceptors (Lipinski definition) is 9. The molecule has 2 aliphatic heterocycles. The molecule has 1 aromatic carbocycles. The number of rotatable bonds is 5. The number of anilines is 2. The number of aromatic nitrogens is 9. The maximum absolute atomic E-state index is 8.10. The third-order valence-electron chi connectivity index (χ3n) is 10.1. The Kier molecular flexibility index (Phi) is 8.86. The molecular formula is C41H38BrN11. The second-order valence-electron chi connectivity index (χ2n) is 13.5. The minimum absolute atomic E-state index is 0.231. The molecule has 2 fully saturated rings. The molecule has 9 heterocycles. The summed E-state index contributed by atoms with van der Waals surface area (Å²) in [5, 5.41) is 9.81. The summed E-state index contributed by atoms with van der Waals surface area (Å²) in [6.45, 7) is 4.39. The molecular weight excluding hydrogens is 726 g/mol. The first-order chi connectivity index (χ1) is 26.6. The number of piperidine rings is 2. The van der Waals surface area contributed by atoms with E-state index >= 15 is 0 Å². The van der Waals surface area contributed by atoms with Crippen molar-refractivity contribution in [2.24, 2.45) is 0 Å². The Balaban J connectivity index is 0.000000153. The summed E-state index contributed by atoms with van der Waals surface area (Å²) in [6.07, 6.45) is 23.0. The molecule has 53 heavy (non-hydrogen) atoms. The Morgan fingerprint density at radius 1 is 0.509 bits per heavy atom. The smallest absolute Gasteiger partial charge is 0.169 e. The number of fused-ring (bicyclic) bond motifs is 3. The highest BCUT2D eigenvalue weighted by Gasteiger charge is 2.15. The Morgan fingerprint density at radius 3 is 1.70 bits per heavy atom. The molecule has 8 aromatic rings. The van der Waals surface area contributed by atoms with E-state index in [0.717, 1.165) is 97.9 Å². The van der Waals surface area contributed by atoms with Crippen molar-refractivity contribution in [3.8, 4) is 33.4 Å². The Bertz CT molecular complexity index is 2560. The van der Waals surface area contributed by atoms with Gasteiger partial charge in [-0.1, -0.05) is 18.2 Å². The first-order valence-corrected chi connectivity index (χ1v) is 19.0. The zero-order chi connectivity index (χ0) is 36.4. The van der Waals surface area contributed by atoms with Crippen LogP contribution >= 0.6 is 15.9 Å². The molecule has 0 atom stereocenters. The van der Waals surface area contributed by atoms with E-state index in [1.165, 1.54) is 38.5 Å². The second kappa shape index (κ2) is 14.7. The van der Waals surface area contributed by atoms with Crippen molar-refractivity contribution in [2.45, 2.75) is 38.5 Å². The highest BCUT2D eigenvalue weighted by molar-refractivity contribution is 9.10. The van der Waals surface area contributed by atoms with Crippen molar-refractivity contribution in [2.75, 3.05) is 36.0 Å². The average molecular weight is 766 g/mol. The van der Waals surface area contributed by atoms with Gasteiger partial charge in [0.1, 0.15) is 11.6 Å². The van der Waals surface area contributed by atoms with E-state index in [0.29, 0.717) is 0 Å². The van der Waals surface area contributed by atoms with Crippen LogP contribution in [0.2, 0.25) is 0 Å². The van der Waals surface area contributed by atoms with E-state index < -0.39 is 0 Å². The molecule has 2 saturated heterocycles. The highest BCUT2D eigenvalue weighted by atomic mass is 79.9. The highest BCUT2D eigenvalue weighted by Crippen LogP contribution is 2.31. The minimum Gasteiger partial charge on any atom is -0.357 e. The maximum atomic E-state index is 8.10. The van der Waals surface area contributed by atoms with Crippen LogP contribution in [-0.4, -0.2) is 70.3 Å². The summed E-state index contributed by atoms with van der Waals surface area (Å²) in [5.74, 6) is 2.11. The lowest BCUT2D eigenvalue weighted by Crippen LogP contribution is -2.29. The van der Waals surface area contributed by atoms with Crippen molar-refractivity contribution >= 4 is 49.8 Å². The monoisotopic (exact) mass is 764 g/mol. The van der Waals surface area contributed by atoms with Crippen molar-refractivity contribution in [3.63, 3.8) is 0 Å². The first kappa shape index (κ1) is 31.9. The standard InChI is InChI=1S/C25H22N6.C16H16BrN5/c1-4-12-30(13-5-1)24-9-8-18(14-27-24)19-15-28-25-22(16-29-31(25)17-19)20-10-11-26-23-7-3-2-6-21(20)23;17-14-10-20-22-11-13(9-19-16(14)22)12-4-5-15(18-8-12)21-6-2-1-3-7-21/h2-3,6-11,14-17H,1,4-5,12-13H2;4-5,8-11H,1-3,6-7H2/i11D;. The molecule has 0 unspecified atom stereocenters. The molecule has 0 spiro atoms. The molecule has 2 aliphatic rings. The average Bonchev–Trinajstić information content (AvgIpc) is 3.84. The van der Waals surface area contributed by atoms with Gasteiger partial charge < -0.3 is 9.80 Å². The van der Waals surface area contributed by atoms with Crippen molar-refractivity contribution in [3.05, 3.63) is 115 Å². The molecule has 264 valence electrons. The summed E-state index contributed by atoms with van der Waals surface area (Å²) in [5.41, 5.74) is 8.23. The molecule has 0 bridgehead atoms. The fourth-order valence-corrected chi connectivity index (χ4v) is 7.58. The van der Waals surface area contributed by atoms with Crippen LogP contribution < -0.4 is 9.80 Å². The van der Waals surface area contributed by atoms with Crippen LogP contribution in [-0.2, 0) is 0 Å². The van der Waals surface area contributed by atoms with E-state index in [2.05, 4.69) is 75.1 Å². The summed E-state index contributed by atoms with van der Waals surface area (Å²) in [4.78, 5) is 27.5. The van der Waals surface area contributed by atoms with Gasteiger partial charge in [0, 0.05) is 103 Å². The predicted octanol–water partition coefficient (Wildman–Crippen LogP) is 8.54. The molecule has 0 amide bonds. The van der Waals surface area contributed by atoms with Gasteiger partial charge in [0.15, 0.2) is 11.3 Å². The van der Waals surface area contributed by atoms with Gasteiger partial charge in [-0.2, -0.15) is 10.2 Å². The molecule has 12 heteroatoms. The third kappa shape index (κ3) is 6.82. The van der Waals surface area contributed by atoms with Gasteiger partial charge in [-0.25, -0.2) is 29.0 Å². The summed E-state index contributed by atoms with van der Waals surface area (Å²) in [7, 11) is 0. The van der Waals surface area contributed by atoms with Crippen molar-refractivity contribution in [1.82, 2.24) is 44.1 Å². The number of hydrogen-bond donors (Lipinski definition) is 0. The summed E-state index contributed by atoms with van der Waals surface area (Å²) in [6, 6.07) is 18.0. The van der Waals surface area contributed by atoms with E-state index in [9.17, 15) is 0 Å². The molecule has 10 rings (SSSR count). The molecule has 0 aliphatic carbocycles. The minimum atomic E-state index is 0.231. The van der Waals surface area contributed by atoms with Gasteiger partial charge in [0.2, 0.25) is 0 Å². The molecule has 0 N–H and O–H groups in total. The predicted molar refractivity (Wildman–Crippen MR) is 213 cm³/mol. The quantitative estimate of drug-likeness (QED) is 0.171. The van der Waals surface area contributed by atoms with Gasteiger partial charge in [-0.05, 0) is 96.4 Å². The van der Waals surface area contributed by atoms with Crippen LogP contribution in [0.15, 0.2) is 115 Å². The van der Waals surface area contributed by atoms with Crippen LogP contribution in [0.1, 0.15) is 39.9 Å². The van der Waals surface area contributed by atoms with Gasteiger partial charge in [-0.15, -0.1) is 0 Å². The molecule has 0 radical (unpaired) electrons. The molecule has 11 nitrogen and oxygen atoms in total. The zero-order valence-electron chi connectivity index (χ0n) is 30.2. The largest absolute Gasteiger partial charge is 0.357 e. The lowest BCUT2D eigenvalue weighted by atomic mass is 10.0. The number of para-hydroxylation sites is 1.